The number of benzene rings is 3. The highest BCUT2D eigenvalue weighted by atomic mass is 16.5. The maximum atomic E-state index is 12.5. The molecule has 3 aromatic carbocycles. The molecule has 5 rings (SSSR count). The van der Waals surface area contributed by atoms with E-state index in [0.29, 0.717) is 31.2 Å². The Hall–Kier alpha value is -5.38. The zero-order valence-electron chi connectivity index (χ0n) is 25.4. The summed E-state index contributed by atoms with van der Waals surface area (Å²) in [4.78, 5) is 39.7. The molecule has 0 aliphatic heterocycles. The average Bonchev–Trinajstić information content (AvgIpc) is 3.06. The fourth-order valence-corrected chi connectivity index (χ4v) is 4.78. The van der Waals surface area contributed by atoms with Crippen LogP contribution in [-0.2, 0) is 17.9 Å². The van der Waals surface area contributed by atoms with Gasteiger partial charge in [-0.25, -0.2) is 4.98 Å². The van der Waals surface area contributed by atoms with E-state index in [0.717, 1.165) is 46.6 Å². The number of hydrogen-bond donors (Lipinski definition) is 5. The summed E-state index contributed by atoms with van der Waals surface area (Å²) in [5.74, 6) is 0.312. The normalized spacial score (nSPS) is 12.4. The van der Waals surface area contributed by atoms with Crippen molar-refractivity contribution < 1.29 is 19.1 Å². The highest BCUT2D eigenvalue weighted by molar-refractivity contribution is 5.99. The molecule has 0 spiro atoms. The standard InChI is InChI=1S/C21H26N4O3.C14H14N2O/c1-22-17-10-11-19(25-20(17)21(27)24-13-16-8-5-9-16)28-14-18(26)23-12-15-6-3-2-4-7-15;15-7-8-16-9-11-5-6-12(10-17)14-4-2-1-3-13(11)14/h2-4,6-7,10-11,16,22H,5,8-9,12-14H2,1H3,(H,23,26)(H,24,27);1-8,10,16H,9,15H2/b;8-7-. The monoisotopic (exact) mass is 608 g/mol. The Bertz CT molecular complexity index is 1600. The third-order valence-electron chi connectivity index (χ3n) is 7.50. The van der Waals surface area contributed by atoms with E-state index >= 15 is 0 Å². The second-order valence-electron chi connectivity index (χ2n) is 10.6. The maximum absolute atomic E-state index is 12.5. The number of carbonyl (C=O) groups is 3. The minimum Gasteiger partial charge on any atom is -0.468 e. The number of hydrogen-bond acceptors (Lipinski definition) is 8. The number of nitrogens with one attached hydrogen (secondary N) is 4. The SMILES string of the molecule is CNc1ccc(OCC(=O)NCc2ccccc2)nc1C(=O)NCC1CCC1.N/C=C\NCc1ccc(C=O)c2ccccc12. The number of aldehydes is 1. The van der Waals surface area contributed by atoms with Crippen LogP contribution < -0.4 is 31.7 Å². The van der Waals surface area contributed by atoms with Gasteiger partial charge in [-0.15, -0.1) is 0 Å². The van der Waals surface area contributed by atoms with E-state index < -0.39 is 0 Å². The van der Waals surface area contributed by atoms with E-state index in [1.807, 2.05) is 66.7 Å². The lowest BCUT2D eigenvalue weighted by molar-refractivity contribution is -0.123. The number of amides is 2. The highest BCUT2D eigenvalue weighted by Crippen LogP contribution is 2.26. The van der Waals surface area contributed by atoms with Crippen LogP contribution in [0.3, 0.4) is 0 Å². The van der Waals surface area contributed by atoms with Crippen LogP contribution in [0.4, 0.5) is 5.69 Å². The largest absolute Gasteiger partial charge is 0.468 e. The third-order valence-corrected chi connectivity index (χ3v) is 7.50. The molecule has 1 aliphatic carbocycles. The lowest BCUT2D eigenvalue weighted by atomic mass is 9.85. The predicted octanol–water partition coefficient (Wildman–Crippen LogP) is 4.52. The fourth-order valence-electron chi connectivity index (χ4n) is 4.78. The molecule has 45 heavy (non-hydrogen) atoms. The van der Waals surface area contributed by atoms with Crippen LogP contribution in [0.2, 0.25) is 0 Å². The number of fused-ring (bicyclic) bond motifs is 1. The molecule has 1 fully saturated rings. The Morgan fingerprint density at radius 1 is 0.933 bits per heavy atom. The number of nitrogens with two attached hydrogens (primary N) is 1. The summed E-state index contributed by atoms with van der Waals surface area (Å²) in [7, 11) is 1.73. The summed E-state index contributed by atoms with van der Waals surface area (Å²) in [6, 6.07) is 24.7. The summed E-state index contributed by atoms with van der Waals surface area (Å²) in [6.45, 7) is 1.62. The number of ether oxygens (including phenoxy) is 1. The minimum absolute atomic E-state index is 0.165. The fraction of sp³-hybridized carbons (Fsp3) is 0.257. The van der Waals surface area contributed by atoms with Crippen molar-refractivity contribution in [2.45, 2.75) is 32.4 Å². The van der Waals surface area contributed by atoms with Gasteiger partial charge in [-0.3, -0.25) is 14.4 Å². The summed E-state index contributed by atoms with van der Waals surface area (Å²) >= 11 is 0. The molecule has 0 atom stereocenters. The zero-order chi connectivity index (χ0) is 31.9. The lowest BCUT2D eigenvalue weighted by Crippen LogP contribution is -2.33. The van der Waals surface area contributed by atoms with Gasteiger partial charge in [0.2, 0.25) is 5.88 Å². The Labute approximate surface area is 263 Å². The number of pyridine rings is 1. The molecule has 1 saturated carbocycles. The van der Waals surface area contributed by atoms with Gasteiger partial charge < -0.3 is 31.7 Å². The maximum Gasteiger partial charge on any atom is 0.272 e. The number of anilines is 1. The molecule has 2 amide bonds. The topological polar surface area (TPSA) is 147 Å². The van der Waals surface area contributed by atoms with Crippen LogP contribution in [0, 0.1) is 5.92 Å². The quantitative estimate of drug-likeness (QED) is 0.139. The number of rotatable bonds is 13. The van der Waals surface area contributed by atoms with E-state index in [1.165, 1.54) is 12.6 Å². The first kappa shape index (κ1) is 32.5. The number of carbonyl (C=O) groups excluding carboxylic acids is 3. The molecule has 10 heteroatoms. The Balaban J connectivity index is 0.000000231. The van der Waals surface area contributed by atoms with Crippen LogP contribution in [-0.4, -0.2) is 43.3 Å². The molecular formula is C35H40N6O4. The van der Waals surface area contributed by atoms with Gasteiger partial charge in [-0.1, -0.05) is 73.2 Å². The average molecular weight is 609 g/mol. The molecule has 0 unspecified atom stereocenters. The first-order valence-corrected chi connectivity index (χ1v) is 15.0. The Morgan fingerprint density at radius 2 is 1.69 bits per heavy atom. The summed E-state index contributed by atoms with van der Waals surface area (Å²) in [5, 5.41) is 13.9. The van der Waals surface area contributed by atoms with Gasteiger partial charge in [0.05, 0.1) is 5.69 Å². The van der Waals surface area contributed by atoms with Crippen molar-refractivity contribution in [1.82, 2.24) is 20.9 Å². The highest BCUT2D eigenvalue weighted by Gasteiger charge is 2.20. The summed E-state index contributed by atoms with van der Waals surface area (Å²) < 4.78 is 5.47. The van der Waals surface area contributed by atoms with Crippen molar-refractivity contribution >= 4 is 34.6 Å². The van der Waals surface area contributed by atoms with Crippen LogP contribution in [0.25, 0.3) is 10.8 Å². The third kappa shape index (κ3) is 9.56. The lowest BCUT2D eigenvalue weighted by Gasteiger charge is -2.25. The molecule has 234 valence electrons. The van der Waals surface area contributed by atoms with E-state index in [-0.39, 0.29) is 30.0 Å². The molecule has 1 aliphatic rings. The molecular weight excluding hydrogens is 568 g/mol. The van der Waals surface area contributed by atoms with E-state index in [1.54, 1.807) is 25.4 Å². The second kappa shape index (κ2) is 17.0. The van der Waals surface area contributed by atoms with Crippen molar-refractivity contribution in [3.05, 3.63) is 114 Å². The predicted molar refractivity (Wildman–Crippen MR) is 177 cm³/mol. The van der Waals surface area contributed by atoms with Crippen LogP contribution in [0.15, 0.2) is 91.3 Å². The van der Waals surface area contributed by atoms with Gasteiger partial charge in [0.1, 0.15) is 0 Å². The van der Waals surface area contributed by atoms with Crippen LogP contribution in [0.1, 0.15) is 51.2 Å². The van der Waals surface area contributed by atoms with Gasteiger partial charge in [0.15, 0.2) is 18.6 Å². The molecule has 1 aromatic heterocycles. The number of nitrogens with zero attached hydrogens (tertiary/aromatic N) is 1. The molecule has 1 heterocycles. The smallest absolute Gasteiger partial charge is 0.272 e. The minimum atomic E-state index is -0.251. The van der Waals surface area contributed by atoms with Gasteiger partial charge in [0, 0.05) is 50.7 Å². The summed E-state index contributed by atoms with van der Waals surface area (Å²) in [6.07, 6.45) is 7.60. The van der Waals surface area contributed by atoms with Gasteiger partial charge >= 0.3 is 0 Å². The number of aromatic nitrogens is 1. The first-order valence-electron chi connectivity index (χ1n) is 15.0. The summed E-state index contributed by atoms with van der Waals surface area (Å²) in [5.41, 5.74) is 9.02. The Morgan fingerprint density at radius 3 is 2.38 bits per heavy atom. The molecule has 0 bridgehead atoms. The van der Waals surface area contributed by atoms with Crippen molar-refractivity contribution in [2.24, 2.45) is 11.7 Å². The van der Waals surface area contributed by atoms with Crippen molar-refractivity contribution in [3.63, 3.8) is 0 Å². The van der Waals surface area contributed by atoms with Crippen molar-refractivity contribution in [2.75, 3.05) is 25.5 Å². The van der Waals surface area contributed by atoms with Gasteiger partial charge in [-0.2, -0.15) is 0 Å². The second-order valence-corrected chi connectivity index (χ2v) is 10.6. The van der Waals surface area contributed by atoms with Crippen molar-refractivity contribution in [3.8, 4) is 5.88 Å². The van der Waals surface area contributed by atoms with Gasteiger partial charge in [0.25, 0.3) is 11.8 Å². The Kier molecular flexibility index (Phi) is 12.3. The van der Waals surface area contributed by atoms with E-state index in [2.05, 4.69) is 26.3 Å². The van der Waals surface area contributed by atoms with E-state index in [4.69, 9.17) is 10.5 Å². The van der Waals surface area contributed by atoms with Crippen molar-refractivity contribution in [1.29, 1.82) is 0 Å². The molecule has 10 nitrogen and oxygen atoms in total. The molecule has 0 saturated heterocycles. The van der Waals surface area contributed by atoms with Gasteiger partial charge in [-0.05, 0) is 46.7 Å². The van der Waals surface area contributed by atoms with Crippen LogP contribution in [0.5, 0.6) is 5.88 Å². The molecule has 6 N–H and O–H groups in total. The molecule has 0 radical (unpaired) electrons. The zero-order valence-corrected chi connectivity index (χ0v) is 25.4. The molecule has 4 aromatic rings. The first-order chi connectivity index (χ1) is 22.0. The van der Waals surface area contributed by atoms with Crippen LogP contribution >= 0.6 is 0 Å². The van der Waals surface area contributed by atoms with E-state index in [9.17, 15) is 14.4 Å².